The average molecular weight is 467 g/mol. The van der Waals surface area contributed by atoms with E-state index in [9.17, 15) is 10.4 Å². The van der Waals surface area contributed by atoms with Gasteiger partial charge in [0.05, 0.1) is 11.4 Å². The Kier molecular flexibility index (Phi) is 19.8. The molecule has 0 spiro atoms. The Bertz CT molecular complexity index is 747. The van der Waals surface area contributed by atoms with Crippen LogP contribution in [0.4, 0.5) is 0 Å². The molecule has 168 valence electrons. The molecule has 0 fully saturated rings. The Balaban J connectivity index is 0. The van der Waals surface area contributed by atoms with Crippen molar-refractivity contribution in [2.75, 3.05) is 13.1 Å². The summed E-state index contributed by atoms with van der Waals surface area (Å²) in [6.45, 7) is 11.6. The van der Waals surface area contributed by atoms with Crippen molar-refractivity contribution in [1.29, 1.82) is 0 Å². The molecule has 0 atom stereocenters. The van der Waals surface area contributed by atoms with Gasteiger partial charge in [0.2, 0.25) is 0 Å². The maximum Gasteiger partial charge on any atom is 3.00 e. The largest absolute Gasteiger partial charge is 3.00 e. The van der Waals surface area contributed by atoms with Gasteiger partial charge in [-0.1, -0.05) is 12.1 Å². The van der Waals surface area contributed by atoms with Crippen LogP contribution in [-0.2, 0) is 16.8 Å². The first-order chi connectivity index (χ1) is 14.4. The SMILES string of the molecule is CC(=N[O-])C(C)=NCCCN=C(C)C(C)=N[O-].[CH2-]c1ccccc1.[Co+3].c1ccncc1. The summed E-state index contributed by atoms with van der Waals surface area (Å²) in [6, 6.07) is 15.6. The predicted molar refractivity (Wildman–Crippen MR) is 129 cm³/mol. The minimum Gasteiger partial charge on any atom is -0.792 e. The maximum atomic E-state index is 10.2. The summed E-state index contributed by atoms with van der Waals surface area (Å²) in [4.78, 5) is 12.1. The summed E-state index contributed by atoms with van der Waals surface area (Å²) < 4.78 is 0. The number of rotatable bonds is 6. The molecule has 7 nitrogen and oxygen atoms in total. The molecule has 0 N–H and O–H groups in total. The summed E-state index contributed by atoms with van der Waals surface area (Å²) in [5.41, 5.74) is 3.18. The van der Waals surface area contributed by atoms with E-state index in [-0.39, 0.29) is 16.8 Å². The monoisotopic (exact) mass is 467 g/mol. The van der Waals surface area contributed by atoms with Gasteiger partial charge in [0.25, 0.3) is 0 Å². The van der Waals surface area contributed by atoms with Crippen LogP contribution in [0.2, 0.25) is 0 Å². The number of hydrogen-bond acceptors (Lipinski definition) is 7. The second-order valence-electron chi connectivity index (χ2n) is 6.15. The molecule has 0 saturated heterocycles. The number of aromatic nitrogens is 1. The fraction of sp³-hybridized carbons (Fsp3) is 0.304. The number of benzene rings is 1. The Labute approximate surface area is 195 Å². The Hall–Kier alpha value is -2.97. The molecule has 8 heteroatoms. The number of aliphatic imine (C=N–C) groups is 2. The van der Waals surface area contributed by atoms with Crippen molar-refractivity contribution in [2.45, 2.75) is 34.1 Å². The van der Waals surface area contributed by atoms with E-state index in [2.05, 4.69) is 32.2 Å². The maximum absolute atomic E-state index is 10.2. The van der Waals surface area contributed by atoms with E-state index >= 15 is 0 Å². The normalized spacial score (nSPS) is 11.9. The fourth-order valence-corrected chi connectivity index (χ4v) is 1.72. The molecule has 31 heavy (non-hydrogen) atoms. The summed E-state index contributed by atoms with van der Waals surface area (Å²) in [5.74, 6) is 0. The van der Waals surface area contributed by atoms with Crippen LogP contribution in [0.15, 0.2) is 81.2 Å². The zero-order chi connectivity index (χ0) is 22.6. The van der Waals surface area contributed by atoms with Gasteiger partial charge < -0.3 is 20.7 Å². The van der Waals surface area contributed by atoms with Crippen LogP contribution in [0.25, 0.3) is 0 Å². The van der Waals surface area contributed by atoms with E-state index in [1.807, 2.05) is 48.5 Å². The summed E-state index contributed by atoms with van der Waals surface area (Å²) in [6.07, 6.45) is 4.26. The van der Waals surface area contributed by atoms with Gasteiger partial charge in [0, 0.05) is 36.9 Å². The molecule has 0 amide bonds. The zero-order valence-electron chi connectivity index (χ0n) is 18.5. The molecular formula is C23H30CoN5O2. The van der Waals surface area contributed by atoms with E-state index in [1.165, 1.54) is 0 Å². The minimum absolute atomic E-state index is 0. The first-order valence-electron chi connectivity index (χ1n) is 9.51. The van der Waals surface area contributed by atoms with Crippen LogP contribution in [0.1, 0.15) is 39.7 Å². The number of pyridine rings is 1. The van der Waals surface area contributed by atoms with Crippen LogP contribution in [0.5, 0.6) is 0 Å². The molecule has 0 saturated carbocycles. The smallest absolute Gasteiger partial charge is 0.792 e. The van der Waals surface area contributed by atoms with Gasteiger partial charge in [-0.25, -0.2) is 0 Å². The van der Waals surface area contributed by atoms with Crippen LogP contribution in [-0.4, -0.2) is 40.9 Å². The van der Waals surface area contributed by atoms with Gasteiger partial charge in [-0.05, 0) is 46.2 Å². The molecule has 0 bridgehead atoms. The molecule has 1 heterocycles. The molecule has 0 unspecified atom stereocenters. The van der Waals surface area contributed by atoms with Crippen LogP contribution >= 0.6 is 0 Å². The third-order valence-corrected chi connectivity index (χ3v) is 3.74. The van der Waals surface area contributed by atoms with E-state index in [1.54, 1.807) is 40.1 Å². The van der Waals surface area contributed by atoms with Gasteiger partial charge >= 0.3 is 16.8 Å². The van der Waals surface area contributed by atoms with Crippen molar-refractivity contribution in [3.05, 3.63) is 83.8 Å². The van der Waals surface area contributed by atoms with Crippen molar-refractivity contribution in [3.63, 3.8) is 0 Å². The number of hydrogen-bond donors (Lipinski definition) is 0. The standard InChI is InChI=1S/C11H20N4O2.C7H7.C5H5N.Co/c1-8(10(3)14-16)12-6-5-7-13-9(2)11(4)15-17;1-7-5-3-2-4-6-7;1-2-4-6-5-3-1;/h16-17H,5-7H2,1-4H3;2-6H,1H2;1-5H;/q;-1;;+3/p-2. The Morgan fingerprint density at radius 3 is 1.42 bits per heavy atom. The van der Waals surface area contributed by atoms with Crippen molar-refractivity contribution < 1.29 is 16.8 Å². The summed E-state index contributed by atoms with van der Waals surface area (Å²) in [7, 11) is 0. The molecule has 0 radical (unpaired) electrons. The van der Waals surface area contributed by atoms with Crippen LogP contribution in [0.3, 0.4) is 0 Å². The van der Waals surface area contributed by atoms with Gasteiger partial charge in [0.15, 0.2) is 0 Å². The molecule has 0 aliphatic carbocycles. The summed E-state index contributed by atoms with van der Waals surface area (Å²) in [5, 5.41) is 26.0. The Morgan fingerprint density at radius 2 is 1.16 bits per heavy atom. The number of nitrogens with zero attached hydrogens (tertiary/aromatic N) is 5. The van der Waals surface area contributed by atoms with E-state index in [0.29, 0.717) is 35.9 Å². The quantitative estimate of drug-likeness (QED) is 0.253. The minimum atomic E-state index is 0. The van der Waals surface area contributed by atoms with Crippen molar-refractivity contribution in [2.24, 2.45) is 20.3 Å². The van der Waals surface area contributed by atoms with Crippen molar-refractivity contribution in [1.82, 2.24) is 4.98 Å². The predicted octanol–water partition coefficient (Wildman–Crippen LogP) is 5.16. The molecule has 1 aromatic carbocycles. The third kappa shape index (κ3) is 17.6. The molecule has 2 rings (SSSR count). The zero-order valence-corrected chi connectivity index (χ0v) is 19.5. The van der Waals surface area contributed by atoms with Gasteiger partial charge in [-0.3, -0.25) is 15.0 Å². The van der Waals surface area contributed by atoms with E-state index in [4.69, 9.17) is 0 Å². The van der Waals surface area contributed by atoms with Gasteiger partial charge in [-0.15, -0.1) is 12.1 Å². The average Bonchev–Trinajstić information content (AvgIpc) is 2.79. The first kappa shape index (κ1) is 30.2. The molecule has 2 aromatic rings. The fourth-order valence-electron chi connectivity index (χ4n) is 1.72. The molecular weight excluding hydrogens is 437 g/mol. The second kappa shape index (κ2) is 20.3. The van der Waals surface area contributed by atoms with Crippen molar-refractivity contribution in [3.8, 4) is 0 Å². The topological polar surface area (TPSA) is 108 Å². The first-order valence-corrected chi connectivity index (χ1v) is 9.51. The van der Waals surface area contributed by atoms with Crippen molar-refractivity contribution >= 4 is 22.8 Å². The van der Waals surface area contributed by atoms with Gasteiger partial charge in [-0.2, -0.15) is 24.6 Å². The van der Waals surface area contributed by atoms with E-state index in [0.717, 1.165) is 12.0 Å². The third-order valence-electron chi connectivity index (χ3n) is 3.74. The molecule has 0 aliphatic heterocycles. The van der Waals surface area contributed by atoms with Crippen LogP contribution < -0.4 is 0 Å². The van der Waals surface area contributed by atoms with Crippen LogP contribution in [0, 0.1) is 17.3 Å². The summed E-state index contributed by atoms with van der Waals surface area (Å²) >= 11 is 0. The molecule has 0 aliphatic rings. The van der Waals surface area contributed by atoms with E-state index < -0.39 is 0 Å². The molecule has 1 aromatic heterocycles. The Morgan fingerprint density at radius 1 is 0.742 bits per heavy atom. The second-order valence-corrected chi connectivity index (χ2v) is 6.15. The van der Waals surface area contributed by atoms with Gasteiger partial charge in [0.1, 0.15) is 0 Å².